The van der Waals surface area contributed by atoms with E-state index in [-0.39, 0.29) is 33.1 Å². The summed E-state index contributed by atoms with van der Waals surface area (Å²) in [6, 6.07) is 6.18. The van der Waals surface area contributed by atoms with Crippen LogP contribution in [0.2, 0.25) is 10.2 Å². The van der Waals surface area contributed by atoms with Crippen LogP contribution in [0.5, 0.6) is 0 Å². The molecule has 0 bridgehead atoms. The first-order valence-corrected chi connectivity index (χ1v) is 12.0. The van der Waals surface area contributed by atoms with Gasteiger partial charge in [-0.3, -0.25) is 4.79 Å². The predicted molar refractivity (Wildman–Crippen MR) is 123 cm³/mol. The number of nitrogens with one attached hydrogen (secondary N) is 1. The van der Waals surface area contributed by atoms with E-state index < -0.39 is 15.7 Å². The summed E-state index contributed by atoms with van der Waals surface area (Å²) in [4.78, 5) is 20.2. The predicted octanol–water partition coefficient (Wildman–Crippen LogP) is 2.01. The van der Waals surface area contributed by atoms with E-state index in [0.717, 1.165) is 13.0 Å². The summed E-state index contributed by atoms with van der Waals surface area (Å²) in [7, 11) is 0.685. The Morgan fingerprint density at radius 3 is 2.32 bits per heavy atom. The molecule has 0 atom stereocenters. The lowest BCUT2D eigenvalue weighted by Gasteiger charge is -2.30. The van der Waals surface area contributed by atoms with Crippen LogP contribution in [-0.2, 0) is 9.84 Å². The molecule has 0 fully saturated rings. The number of nitrogens with zero attached hydrogens (tertiary/aromatic N) is 3. The van der Waals surface area contributed by atoms with Gasteiger partial charge in [-0.2, -0.15) is 0 Å². The Hall–Kier alpha value is -2.14. The van der Waals surface area contributed by atoms with Gasteiger partial charge in [0, 0.05) is 5.02 Å². The van der Waals surface area contributed by atoms with Crippen molar-refractivity contribution < 1.29 is 17.7 Å². The fraction of sp³-hybridized carbons (Fsp3) is 0.421. The number of hydrogen-bond acceptors (Lipinski definition) is 7. The molecular formula is C19H27Cl2N6O3S+. The standard InChI is InChI=1S/C19H26Cl2N6O3S/c1-27(2,10-3-4-12-31(29,30)14-7-5-13(20)6-8-14)11-9-24-19(28)15-17(22)26-18(23)16(21)25-15/h5-8H,3-4,9-12H2,1-2H3,(H4-,22,23,24,26,28)/p+1. The third kappa shape index (κ3) is 7.49. The Balaban J connectivity index is 1.77. The van der Waals surface area contributed by atoms with Gasteiger partial charge in [0.05, 0.1) is 44.4 Å². The summed E-state index contributed by atoms with van der Waals surface area (Å²) in [6.45, 7) is 1.76. The van der Waals surface area contributed by atoms with E-state index in [1.54, 1.807) is 12.1 Å². The lowest BCUT2D eigenvalue weighted by molar-refractivity contribution is -0.889. The Morgan fingerprint density at radius 2 is 1.68 bits per heavy atom. The maximum absolute atomic E-state index is 12.4. The molecule has 2 aromatic rings. The van der Waals surface area contributed by atoms with E-state index in [4.69, 9.17) is 34.7 Å². The fourth-order valence-corrected chi connectivity index (χ4v) is 4.49. The van der Waals surface area contributed by atoms with Crippen molar-refractivity contribution in [1.29, 1.82) is 0 Å². The molecule has 31 heavy (non-hydrogen) atoms. The highest BCUT2D eigenvalue weighted by molar-refractivity contribution is 7.91. The number of nitrogen functional groups attached to an aromatic ring is 2. The van der Waals surface area contributed by atoms with Gasteiger partial charge in [-0.25, -0.2) is 18.4 Å². The second-order valence-electron chi connectivity index (χ2n) is 7.75. The van der Waals surface area contributed by atoms with E-state index in [1.807, 2.05) is 14.1 Å². The molecule has 0 saturated carbocycles. The highest BCUT2D eigenvalue weighted by atomic mass is 35.5. The molecule has 1 heterocycles. The zero-order chi connectivity index (χ0) is 23.2. The number of carbonyl (C=O) groups is 1. The van der Waals surface area contributed by atoms with Crippen LogP contribution in [0.25, 0.3) is 0 Å². The molecule has 1 aromatic heterocycles. The van der Waals surface area contributed by atoms with Crippen molar-refractivity contribution in [2.45, 2.75) is 17.7 Å². The maximum atomic E-state index is 12.4. The van der Waals surface area contributed by atoms with Crippen LogP contribution < -0.4 is 16.8 Å². The summed E-state index contributed by atoms with van der Waals surface area (Å²) < 4.78 is 25.4. The topological polar surface area (TPSA) is 141 Å². The van der Waals surface area contributed by atoms with Crippen molar-refractivity contribution in [3.8, 4) is 0 Å². The highest BCUT2D eigenvalue weighted by Crippen LogP contribution is 2.18. The minimum absolute atomic E-state index is 0.0356. The van der Waals surface area contributed by atoms with E-state index in [9.17, 15) is 13.2 Å². The number of unbranched alkanes of at least 4 members (excludes halogenated alkanes) is 1. The molecular weight excluding hydrogens is 463 g/mol. The molecule has 5 N–H and O–H groups in total. The number of sulfone groups is 1. The summed E-state index contributed by atoms with van der Waals surface area (Å²) in [5, 5.41) is 3.16. The Morgan fingerprint density at radius 1 is 1.03 bits per heavy atom. The van der Waals surface area contributed by atoms with Crippen molar-refractivity contribution in [3.05, 3.63) is 40.1 Å². The number of anilines is 2. The minimum Gasteiger partial charge on any atom is -0.382 e. The van der Waals surface area contributed by atoms with Gasteiger partial charge >= 0.3 is 0 Å². The zero-order valence-corrected chi connectivity index (χ0v) is 19.8. The van der Waals surface area contributed by atoms with Gasteiger partial charge in [-0.05, 0) is 37.1 Å². The van der Waals surface area contributed by atoms with Crippen LogP contribution in [-0.4, -0.2) is 68.3 Å². The van der Waals surface area contributed by atoms with Crippen LogP contribution >= 0.6 is 23.2 Å². The monoisotopic (exact) mass is 489 g/mol. The number of hydrogen-bond donors (Lipinski definition) is 3. The van der Waals surface area contributed by atoms with Gasteiger partial charge in [-0.1, -0.05) is 23.2 Å². The smallest absolute Gasteiger partial charge is 0.273 e. The third-order valence-electron chi connectivity index (χ3n) is 4.72. The lowest BCUT2D eigenvalue weighted by atomic mass is 10.3. The average molecular weight is 490 g/mol. The van der Waals surface area contributed by atoms with Gasteiger partial charge in [0.2, 0.25) is 0 Å². The first-order valence-electron chi connectivity index (χ1n) is 9.58. The molecule has 1 aromatic carbocycles. The average Bonchev–Trinajstić information content (AvgIpc) is 2.68. The van der Waals surface area contributed by atoms with Crippen molar-refractivity contribution in [2.75, 3.05) is 50.9 Å². The Bertz CT molecular complexity index is 1030. The van der Waals surface area contributed by atoms with Crippen LogP contribution in [0.1, 0.15) is 23.3 Å². The maximum Gasteiger partial charge on any atom is 0.273 e. The van der Waals surface area contributed by atoms with Gasteiger partial charge in [0.15, 0.2) is 32.3 Å². The van der Waals surface area contributed by atoms with Gasteiger partial charge in [0.25, 0.3) is 5.91 Å². The number of nitrogens with two attached hydrogens (primary N) is 2. The SMILES string of the molecule is C[N+](C)(CCCCS(=O)(=O)c1ccc(Cl)cc1)CCNC(=O)c1nc(Cl)c(N)nc1N. The molecule has 0 aliphatic heterocycles. The number of aromatic nitrogens is 2. The van der Waals surface area contributed by atoms with E-state index in [2.05, 4.69) is 15.3 Å². The number of rotatable bonds is 10. The number of quaternary nitrogens is 1. The molecule has 0 unspecified atom stereocenters. The molecule has 12 heteroatoms. The molecule has 0 spiro atoms. The summed E-state index contributed by atoms with van der Waals surface area (Å²) >= 11 is 11.6. The quantitative estimate of drug-likeness (QED) is 0.342. The first-order chi connectivity index (χ1) is 14.4. The van der Waals surface area contributed by atoms with Gasteiger partial charge in [0.1, 0.15) is 0 Å². The molecule has 0 radical (unpaired) electrons. The molecule has 0 aliphatic carbocycles. The van der Waals surface area contributed by atoms with Crippen LogP contribution in [0.3, 0.4) is 0 Å². The molecule has 2 rings (SSSR count). The summed E-state index contributed by atoms with van der Waals surface area (Å²) in [5.74, 6) is -0.538. The lowest BCUT2D eigenvalue weighted by Crippen LogP contribution is -2.46. The first kappa shape index (κ1) is 25.1. The van der Waals surface area contributed by atoms with E-state index >= 15 is 0 Å². The fourth-order valence-electron chi connectivity index (χ4n) is 2.87. The zero-order valence-electron chi connectivity index (χ0n) is 17.4. The van der Waals surface area contributed by atoms with Crippen LogP contribution in [0.15, 0.2) is 29.2 Å². The van der Waals surface area contributed by atoms with Crippen LogP contribution in [0.4, 0.5) is 11.6 Å². The Labute approximate surface area is 192 Å². The van der Waals surface area contributed by atoms with Crippen molar-refractivity contribution in [1.82, 2.24) is 15.3 Å². The van der Waals surface area contributed by atoms with Crippen molar-refractivity contribution in [2.24, 2.45) is 0 Å². The summed E-state index contributed by atoms with van der Waals surface area (Å²) in [6.07, 6.45) is 1.26. The largest absolute Gasteiger partial charge is 0.382 e. The number of amides is 1. The second kappa shape index (κ2) is 10.4. The third-order valence-corrected chi connectivity index (χ3v) is 7.07. The summed E-state index contributed by atoms with van der Waals surface area (Å²) in [5.41, 5.74) is 11.1. The molecule has 0 saturated heterocycles. The number of likely N-dealkylation sites (N-methyl/N-ethyl adjacent to an activating group) is 1. The van der Waals surface area contributed by atoms with Crippen molar-refractivity contribution in [3.63, 3.8) is 0 Å². The van der Waals surface area contributed by atoms with Gasteiger partial charge < -0.3 is 21.3 Å². The molecule has 0 aliphatic rings. The van der Waals surface area contributed by atoms with E-state index in [0.29, 0.717) is 29.0 Å². The Kier molecular flexibility index (Phi) is 8.47. The van der Waals surface area contributed by atoms with Crippen LogP contribution in [0, 0.1) is 0 Å². The minimum atomic E-state index is -3.33. The normalized spacial score (nSPS) is 12.0. The number of carbonyl (C=O) groups excluding carboxylic acids is 1. The van der Waals surface area contributed by atoms with Gasteiger partial charge in [-0.15, -0.1) is 0 Å². The van der Waals surface area contributed by atoms with E-state index in [1.165, 1.54) is 12.1 Å². The molecule has 170 valence electrons. The molecule has 9 nitrogen and oxygen atoms in total. The highest BCUT2D eigenvalue weighted by Gasteiger charge is 2.20. The number of halogens is 2. The second-order valence-corrected chi connectivity index (χ2v) is 10.7. The van der Waals surface area contributed by atoms with Crippen molar-refractivity contribution >= 4 is 50.6 Å². The molecule has 1 amide bonds. The number of benzene rings is 1.